The SMILES string of the molecule is COc1ccccc1OC(=O)c1ccc(S(=O)(=O)N2CCCCC2)cc1. The van der Waals surface area contributed by atoms with Crippen LogP contribution in [0.2, 0.25) is 0 Å². The number of esters is 1. The molecule has 0 radical (unpaired) electrons. The van der Waals surface area contributed by atoms with Crippen molar-refractivity contribution in [2.45, 2.75) is 24.2 Å². The third-order valence-electron chi connectivity index (χ3n) is 4.31. The highest BCUT2D eigenvalue weighted by atomic mass is 32.2. The Morgan fingerprint density at radius 2 is 1.54 bits per heavy atom. The lowest BCUT2D eigenvalue weighted by Crippen LogP contribution is -2.35. The second kappa shape index (κ2) is 7.88. The second-order valence-electron chi connectivity index (χ2n) is 6.03. The molecule has 2 aromatic rings. The maximum absolute atomic E-state index is 12.6. The Morgan fingerprint density at radius 1 is 0.923 bits per heavy atom. The molecule has 2 aromatic carbocycles. The van der Waals surface area contributed by atoms with Gasteiger partial charge in [-0.2, -0.15) is 4.31 Å². The standard InChI is InChI=1S/C19H21NO5S/c1-24-17-7-3-4-8-18(17)25-19(21)15-9-11-16(12-10-15)26(22,23)20-13-5-2-6-14-20/h3-4,7-12H,2,5-6,13-14H2,1H3. The van der Waals surface area contributed by atoms with Gasteiger partial charge >= 0.3 is 5.97 Å². The van der Waals surface area contributed by atoms with Gasteiger partial charge in [0.05, 0.1) is 17.6 Å². The summed E-state index contributed by atoms with van der Waals surface area (Å²) in [7, 11) is -2.02. The zero-order chi connectivity index (χ0) is 18.6. The van der Waals surface area contributed by atoms with Gasteiger partial charge in [-0.15, -0.1) is 0 Å². The van der Waals surface area contributed by atoms with E-state index >= 15 is 0 Å². The molecule has 0 bridgehead atoms. The van der Waals surface area contributed by atoms with E-state index in [1.54, 1.807) is 24.3 Å². The van der Waals surface area contributed by atoms with Crippen LogP contribution >= 0.6 is 0 Å². The van der Waals surface area contributed by atoms with Gasteiger partial charge in [0.15, 0.2) is 11.5 Å². The molecule has 1 fully saturated rings. The smallest absolute Gasteiger partial charge is 0.343 e. The van der Waals surface area contributed by atoms with E-state index in [0.717, 1.165) is 19.3 Å². The summed E-state index contributed by atoms with van der Waals surface area (Å²) in [5.41, 5.74) is 0.272. The van der Waals surface area contributed by atoms with Crippen LogP contribution in [0.3, 0.4) is 0 Å². The molecule has 0 atom stereocenters. The van der Waals surface area contributed by atoms with Gasteiger partial charge in [0, 0.05) is 13.1 Å². The highest BCUT2D eigenvalue weighted by Crippen LogP contribution is 2.27. The molecule has 1 aliphatic heterocycles. The summed E-state index contributed by atoms with van der Waals surface area (Å²) in [6.45, 7) is 1.08. The van der Waals surface area contributed by atoms with E-state index in [2.05, 4.69) is 0 Å². The van der Waals surface area contributed by atoms with E-state index in [1.807, 2.05) is 0 Å². The summed E-state index contributed by atoms with van der Waals surface area (Å²) in [6, 6.07) is 12.7. The lowest BCUT2D eigenvalue weighted by atomic mass is 10.2. The van der Waals surface area contributed by atoms with Crippen molar-refractivity contribution in [3.63, 3.8) is 0 Å². The molecule has 3 rings (SSSR count). The molecule has 7 heteroatoms. The molecular weight excluding hydrogens is 354 g/mol. The third kappa shape index (κ3) is 3.89. The van der Waals surface area contributed by atoms with Gasteiger partial charge in [0.1, 0.15) is 0 Å². The summed E-state index contributed by atoms with van der Waals surface area (Å²) >= 11 is 0. The van der Waals surface area contributed by atoms with Crippen molar-refractivity contribution in [1.82, 2.24) is 4.31 Å². The van der Waals surface area contributed by atoms with Crippen LogP contribution in [0.15, 0.2) is 53.4 Å². The highest BCUT2D eigenvalue weighted by molar-refractivity contribution is 7.89. The molecule has 0 amide bonds. The van der Waals surface area contributed by atoms with Crippen LogP contribution in [0.1, 0.15) is 29.6 Å². The number of piperidine rings is 1. The zero-order valence-electron chi connectivity index (χ0n) is 14.6. The molecule has 1 aliphatic rings. The third-order valence-corrected chi connectivity index (χ3v) is 6.23. The van der Waals surface area contributed by atoms with Crippen LogP contribution in [-0.4, -0.2) is 38.9 Å². The first-order valence-corrected chi connectivity index (χ1v) is 9.92. The van der Waals surface area contributed by atoms with Crippen LogP contribution in [0, 0.1) is 0 Å². The average molecular weight is 375 g/mol. The van der Waals surface area contributed by atoms with E-state index in [4.69, 9.17) is 9.47 Å². The predicted molar refractivity (Wildman–Crippen MR) is 97.0 cm³/mol. The average Bonchev–Trinajstić information content (AvgIpc) is 2.69. The van der Waals surface area contributed by atoms with Crippen molar-refractivity contribution in [3.05, 3.63) is 54.1 Å². The molecule has 1 saturated heterocycles. The zero-order valence-corrected chi connectivity index (χ0v) is 15.4. The molecule has 138 valence electrons. The van der Waals surface area contributed by atoms with Gasteiger partial charge in [-0.05, 0) is 49.2 Å². The van der Waals surface area contributed by atoms with E-state index < -0.39 is 16.0 Å². The van der Waals surface area contributed by atoms with Crippen LogP contribution in [-0.2, 0) is 10.0 Å². The molecular formula is C19H21NO5S. The number of carbonyl (C=O) groups is 1. The summed E-state index contributed by atoms with van der Waals surface area (Å²) in [4.78, 5) is 12.5. The molecule has 1 heterocycles. The molecule has 0 N–H and O–H groups in total. The van der Waals surface area contributed by atoms with Crippen LogP contribution in [0.4, 0.5) is 0 Å². The minimum Gasteiger partial charge on any atom is -0.493 e. The Balaban J connectivity index is 1.75. The Labute approximate surface area is 153 Å². The summed E-state index contributed by atoms with van der Waals surface area (Å²) in [6.07, 6.45) is 2.81. The Kier molecular flexibility index (Phi) is 5.58. The normalized spacial score (nSPS) is 15.4. The Morgan fingerprint density at radius 3 is 2.15 bits per heavy atom. The first kappa shape index (κ1) is 18.4. The molecule has 0 aliphatic carbocycles. The van der Waals surface area contributed by atoms with Crippen molar-refractivity contribution >= 4 is 16.0 Å². The molecule has 6 nitrogen and oxygen atoms in total. The lowest BCUT2D eigenvalue weighted by Gasteiger charge is -2.25. The number of nitrogens with zero attached hydrogens (tertiary/aromatic N) is 1. The van der Waals surface area contributed by atoms with Gasteiger partial charge in [-0.3, -0.25) is 0 Å². The number of benzene rings is 2. The van der Waals surface area contributed by atoms with Crippen molar-refractivity contribution in [2.24, 2.45) is 0 Å². The molecule has 0 spiro atoms. The largest absolute Gasteiger partial charge is 0.493 e. The van der Waals surface area contributed by atoms with Gasteiger partial charge in [0.2, 0.25) is 10.0 Å². The summed E-state index contributed by atoms with van der Waals surface area (Å²) in [5, 5.41) is 0. The summed E-state index contributed by atoms with van der Waals surface area (Å²) < 4.78 is 37.3. The number of para-hydroxylation sites is 2. The van der Waals surface area contributed by atoms with Crippen LogP contribution < -0.4 is 9.47 Å². The topological polar surface area (TPSA) is 72.9 Å². The number of carbonyl (C=O) groups excluding carboxylic acids is 1. The Bertz CT molecular complexity index is 871. The van der Waals surface area contributed by atoms with Gasteiger partial charge < -0.3 is 9.47 Å². The fourth-order valence-corrected chi connectivity index (χ4v) is 4.40. The minimum atomic E-state index is -3.51. The second-order valence-corrected chi connectivity index (χ2v) is 7.97. The quantitative estimate of drug-likeness (QED) is 0.593. The lowest BCUT2D eigenvalue weighted by molar-refractivity contribution is 0.0729. The minimum absolute atomic E-state index is 0.188. The van der Waals surface area contributed by atoms with E-state index in [1.165, 1.54) is 35.7 Å². The number of rotatable bonds is 5. The molecule has 0 unspecified atom stereocenters. The highest BCUT2D eigenvalue weighted by Gasteiger charge is 2.26. The molecule has 0 aromatic heterocycles. The molecule has 26 heavy (non-hydrogen) atoms. The fourth-order valence-electron chi connectivity index (χ4n) is 2.88. The first-order chi connectivity index (χ1) is 12.5. The predicted octanol–water partition coefficient (Wildman–Crippen LogP) is 3.09. The Hall–Kier alpha value is -2.38. The maximum Gasteiger partial charge on any atom is 0.343 e. The van der Waals surface area contributed by atoms with Crippen molar-refractivity contribution in [1.29, 1.82) is 0 Å². The van der Waals surface area contributed by atoms with Crippen LogP contribution in [0.5, 0.6) is 11.5 Å². The number of hydrogen-bond acceptors (Lipinski definition) is 5. The van der Waals surface area contributed by atoms with E-state index in [-0.39, 0.29) is 10.5 Å². The van der Waals surface area contributed by atoms with Gasteiger partial charge in [-0.1, -0.05) is 18.6 Å². The number of hydrogen-bond donors (Lipinski definition) is 0. The summed E-state index contributed by atoms with van der Waals surface area (Å²) in [5.74, 6) is 0.187. The van der Waals surface area contributed by atoms with E-state index in [9.17, 15) is 13.2 Å². The maximum atomic E-state index is 12.6. The van der Waals surface area contributed by atoms with E-state index in [0.29, 0.717) is 24.6 Å². The van der Waals surface area contributed by atoms with Gasteiger partial charge in [0.25, 0.3) is 0 Å². The number of ether oxygens (including phenoxy) is 2. The number of methoxy groups -OCH3 is 1. The van der Waals surface area contributed by atoms with Crippen molar-refractivity contribution < 1.29 is 22.7 Å². The number of sulfonamides is 1. The van der Waals surface area contributed by atoms with Crippen LogP contribution in [0.25, 0.3) is 0 Å². The monoisotopic (exact) mass is 375 g/mol. The van der Waals surface area contributed by atoms with Crippen molar-refractivity contribution in [3.8, 4) is 11.5 Å². The van der Waals surface area contributed by atoms with Gasteiger partial charge in [-0.25, -0.2) is 13.2 Å². The van der Waals surface area contributed by atoms with Crippen molar-refractivity contribution in [2.75, 3.05) is 20.2 Å². The first-order valence-electron chi connectivity index (χ1n) is 8.48. The molecule has 0 saturated carbocycles. The fraction of sp³-hybridized carbons (Fsp3) is 0.316.